The number of carbonyl (C=O) groups is 1. The van der Waals surface area contributed by atoms with E-state index in [2.05, 4.69) is 10.4 Å². The zero-order valence-electron chi connectivity index (χ0n) is 17.6. The molecule has 0 aliphatic carbocycles. The molecule has 0 saturated heterocycles. The highest BCUT2D eigenvalue weighted by Crippen LogP contribution is 2.29. The molecule has 2 heterocycles. The number of nitrogens with one attached hydrogen (secondary N) is 1. The average Bonchev–Trinajstić information content (AvgIpc) is 3.10. The fourth-order valence-corrected chi connectivity index (χ4v) is 4.35. The largest absolute Gasteiger partial charge is 0.354 e. The first-order chi connectivity index (χ1) is 15.2. The molecule has 32 heavy (non-hydrogen) atoms. The predicted molar refractivity (Wildman–Crippen MR) is 122 cm³/mol. The Balaban J connectivity index is 1.56. The Morgan fingerprint density at radius 2 is 1.81 bits per heavy atom. The van der Waals surface area contributed by atoms with E-state index in [0.29, 0.717) is 23.9 Å². The van der Waals surface area contributed by atoms with Crippen LogP contribution in [-0.2, 0) is 28.3 Å². The second kappa shape index (κ2) is 8.21. The molecule has 4 rings (SSSR count). The molecule has 4 aromatic rings. The maximum Gasteiger partial charge on any atom is 0.291 e. The monoisotopic (exact) mass is 453 g/mol. The van der Waals surface area contributed by atoms with Gasteiger partial charge in [-0.05, 0) is 37.1 Å². The number of sulfonamides is 1. The molecular formula is C22H23N5O4S. The van der Waals surface area contributed by atoms with Crippen LogP contribution in [0.15, 0.2) is 64.4 Å². The van der Waals surface area contributed by atoms with Crippen molar-refractivity contribution in [1.82, 2.24) is 19.7 Å². The van der Waals surface area contributed by atoms with Crippen molar-refractivity contribution in [3.63, 3.8) is 0 Å². The van der Waals surface area contributed by atoms with Crippen molar-refractivity contribution in [2.75, 3.05) is 6.54 Å². The van der Waals surface area contributed by atoms with E-state index in [4.69, 9.17) is 5.14 Å². The topological polar surface area (TPSA) is 129 Å². The Kier molecular flexibility index (Phi) is 5.57. The van der Waals surface area contributed by atoms with Crippen molar-refractivity contribution in [1.29, 1.82) is 0 Å². The van der Waals surface area contributed by atoms with Gasteiger partial charge in [-0.15, -0.1) is 0 Å². The molecule has 0 saturated carbocycles. The minimum absolute atomic E-state index is 0.0429. The van der Waals surface area contributed by atoms with E-state index >= 15 is 0 Å². The van der Waals surface area contributed by atoms with Crippen LogP contribution < -0.4 is 16.0 Å². The van der Waals surface area contributed by atoms with Gasteiger partial charge in [-0.1, -0.05) is 30.3 Å². The molecule has 0 bridgehead atoms. The van der Waals surface area contributed by atoms with Gasteiger partial charge >= 0.3 is 0 Å². The zero-order valence-corrected chi connectivity index (χ0v) is 18.5. The van der Waals surface area contributed by atoms with Gasteiger partial charge in [0.25, 0.3) is 5.56 Å². The number of nitrogens with two attached hydrogens (primary N) is 1. The van der Waals surface area contributed by atoms with Gasteiger partial charge in [0.15, 0.2) is 0 Å². The summed E-state index contributed by atoms with van der Waals surface area (Å²) in [5.41, 5.74) is 1.81. The Bertz CT molecular complexity index is 1490. The van der Waals surface area contributed by atoms with Crippen LogP contribution in [0.4, 0.5) is 0 Å². The number of hydrogen-bond acceptors (Lipinski definition) is 5. The van der Waals surface area contributed by atoms with Crippen LogP contribution in [0.2, 0.25) is 0 Å². The highest BCUT2D eigenvalue weighted by molar-refractivity contribution is 7.89. The second-order valence-electron chi connectivity index (χ2n) is 7.63. The van der Waals surface area contributed by atoms with Crippen molar-refractivity contribution >= 4 is 37.7 Å². The summed E-state index contributed by atoms with van der Waals surface area (Å²) in [7, 11) is -2.16. The predicted octanol–water partition coefficient (Wildman–Crippen LogP) is 1.46. The van der Waals surface area contributed by atoms with Gasteiger partial charge in [0.2, 0.25) is 15.9 Å². The lowest BCUT2D eigenvalue weighted by Crippen LogP contribution is -2.33. The smallest absolute Gasteiger partial charge is 0.291 e. The molecule has 166 valence electrons. The summed E-state index contributed by atoms with van der Waals surface area (Å²) in [6.45, 7) is 2.11. The number of amides is 1. The third-order valence-corrected chi connectivity index (χ3v) is 6.47. The van der Waals surface area contributed by atoms with Gasteiger partial charge in [0.1, 0.15) is 11.6 Å². The maximum atomic E-state index is 12.9. The molecule has 0 aliphatic heterocycles. The Morgan fingerprint density at radius 3 is 2.50 bits per heavy atom. The Morgan fingerprint density at radius 1 is 1.12 bits per heavy atom. The van der Waals surface area contributed by atoms with E-state index < -0.39 is 16.1 Å². The van der Waals surface area contributed by atoms with Crippen molar-refractivity contribution in [3.05, 3.63) is 70.6 Å². The van der Waals surface area contributed by atoms with Gasteiger partial charge in [-0.3, -0.25) is 9.59 Å². The first-order valence-electron chi connectivity index (χ1n) is 10.0. The third-order valence-electron chi connectivity index (χ3n) is 5.54. The van der Waals surface area contributed by atoms with Gasteiger partial charge in [0, 0.05) is 24.4 Å². The Hall–Kier alpha value is -3.50. The Labute approximate surface area is 184 Å². The first kappa shape index (κ1) is 21.7. The molecular weight excluding hydrogens is 430 g/mol. The lowest BCUT2D eigenvalue weighted by Gasteiger charge is -2.16. The molecule has 0 radical (unpaired) electrons. The summed E-state index contributed by atoms with van der Waals surface area (Å²) in [6.07, 6.45) is 2.16. The number of rotatable bonds is 6. The molecule has 1 atom stereocenters. The second-order valence-corrected chi connectivity index (χ2v) is 9.19. The number of hydrogen-bond donors (Lipinski definition) is 2. The van der Waals surface area contributed by atoms with Crippen LogP contribution in [0, 0.1) is 0 Å². The number of aryl methyl sites for hydroxylation is 1. The number of carbonyl (C=O) groups excluding carboxylic acids is 1. The highest BCUT2D eigenvalue weighted by Gasteiger charge is 2.23. The average molecular weight is 454 g/mol. The maximum absolute atomic E-state index is 12.9. The van der Waals surface area contributed by atoms with E-state index in [1.165, 1.54) is 16.8 Å². The molecule has 0 unspecified atom stereocenters. The number of aromatic nitrogens is 3. The zero-order chi connectivity index (χ0) is 23.0. The molecule has 9 nitrogen and oxygen atoms in total. The molecule has 0 spiro atoms. The molecule has 3 N–H and O–H groups in total. The van der Waals surface area contributed by atoms with E-state index in [1.807, 2.05) is 24.3 Å². The summed E-state index contributed by atoms with van der Waals surface area (Å²) in [5, 5.41) is 13.7. The summed E-state index contributed by atoms with van der Waals surface area (Å²) in [5.74, 6) is -0.229. The molecule has 2 aromatic heterocycles. The van der Waals surface area contributed by atoms with Crippen LogP contribution in [0.3, 0.4) is 0 Å². The van der Waals surface area contributed by atoms with Crippen molar-refractivity contribution in [2.24, 2.45) is 12.2 Å². The van der Waals surface area contributed by atoms with Gasteiger partial charge < -0.3 is 9.88 Å². The van der Waals surface area contributed by atoms with Crippen LogP contribution in [0.5, 0.6) is 0 Å². The molecule has 2 aromatic carbocycles. The van der Waals surface area contributed by atoms with E-state index in [-0.39, 0.29) is 16.4 Å². The third kappa shape index (κ3) is 3.90. The summed E-state index contributed by atoms with van der Waals surface area (Å²) in [4.78, 5) is 25.8. The number of fused-ring (bicyclic) bond motifs is 3. The van der Waals surface area contributed by atoms with E-state index in [0.717, 1.165) is 16.5 Å². The number of primary sulfonamides is 1. The van der Waals surface area contributed by atoms with Crippen LogP contribution in [-0.4, -0.2) is 35.2 Å². The first-order valence-corrected chi connectivity index (χ1v) is 11.6. The lowest BCUT2D eigenvalue weighted by atomic mass is 10.1. The number of para-hydroxylation sites is 1. The SMILES string of the molecule is C[C@@H](C(=O)NCCc1ccc(S(N)(=O)=O)cc1)n1c2ccccc2c2cnn(C)c(=O)c21. The van der Waals surface area contributed by atoms with Crippen LogP contribution >= 0.6 is 0 Å². The van der Waals surface area contributed by atoms with E-state index in [1.54, 1.807) is 36.9 Å². The van der Waals surface area contributed by atoms with Crippen molar-refractivity contribution in [3.8, 4) is 0 Å². The number of nitrogens with zero attached hydrogens (tertiary/aromatic N) is 3. The summed E-state index contributed by atoms with van der Waals surface area (Å²) in [6, 6.07) is 13.1. The summed E-state index contributed by atoms with van der Waals surface area (Å²) < 4.78 is 25.7. The van der Waals surface area contributed by atoms with Crippen molar-refractivity contribution in [2.45, 2.75) is 24.3 Å². The van der Waals surface area contributed by atoms with Crippen LogP contribution in [0.25, 0.3) is 21.8 Å². The fraction of sp³-hybridized carbons (Fsp3) is 0.227. The van der Waals surface area contributed by atoms with E-state index in [9.17, 15) is 18.0 Å². The lowest BCUT2D eigenvalue weighted by molar-refractivity contribution is -0.123. The normalized spacial score (nSPS) is 12.8. The molecule has 0 aliphatic rings. The summed E-state index contributed by atoms with van der Waals surface area (Å²) >= 11 is 0. The quantitative estimate of drug-likeness (QED) is 0.457. The molecule has 0 fully saturated rings. The van der Waals surface area contributed by atoms with Crippen molar-refractivity contribution < 1.29 is 13.2 Å². The van der Waals surface area contributed by atoms with Gasteiger partial charge in [-0.25, -0.2) is 18.2 Å². The van der Waals surface area contributed by atoms with Gasteiger partial charge in [0.05, 0.1) is 16.6 Å². The standard InChI is InChI=1S/C22H23N5O4S/c1-14(21(28)24-12-11-15-7-9-16(10-8-15)32(23,30)31)27-19-6-4-3-5-17(19)18-13-25-26(2)22(29)20(18)27/h3-10,13-14H,11-12H2,1-2H3,(H,24,28)(H2,23,30,31)/t14-/m0/s1. The molecule has 1 amide bonds. The molecule has 10 heteroatoms. The van der Waals surface area contributed by atoms with Gasteiger partial charge in [-0.2, -0.15) is 5.10 Å². The highest BCUT2D eigenvalue weighted by atomic mass is 32.2. The number of benzene rings is 2. The fourth-order valence-electron chi connectivity index (χ4n) is 3.83. The minimum Gasteiger partial charge on any atom is -0.354 e. The minimum atomic E-state index is -3.74. The van der Waals surface area contributed by atoms with Crippen LogP contribution in [0.1, 0.15) is 18.5 Å².